The zero-order valence-corrected chi connectivity index (χ0v) is 15.4. The second kappa shape index (κ2) is 7.03. The zero-order valence-electron chi connectivity index (χ0n) is 14.6. The molecule has 0 spiro atoms. The number of rotatable bonds is 3. The van der Waals surface area contributed by atoms with E-state index in [0.717, 1.165) is 37.9 Å². The predicted molar refractivity (Wildman–Crippen MR) is 104 cm³/mol. The molecule has 4 rings (SSSR count). The highest BCUT2D eigenvalue weighted by atomic mass is 35.5. The lowest BCUT2D eigenvalue weighted by Crippen LogP contribution is -2.34. The maximum atomic E-state index is 12.7. The van der Waals surface area contributed by atoms with E-state index in [-0.39, 0.29) is 10.7 Å². The Morgan fingerprint density at radius 1 is 1.19 bits per heavy atom. The normalized spacial score (nSPS) is 15.7. The van der Waals surface area contributed by atoms with Crippen LogP contribution in [0.2, 0.25) is 5.02 Å². The van der Waals surface area contributed by atoms with Crippen molar-refractivity contribution < 1.29 is 9.59 Å². The first kappa shape index (κ1) is 17.5. The summed E-state index contributed by atoms with van der Waals surface area (Å²) in [5, 5.41) is 2.99. The highest BCUT2D eigenvalue weighted by Gasteiger charge is 2.24. The number of halogens is 1. The Morgan fingerprint density at radius 2 is 1.96 bits per heavy atom. The van der Waals surface area contributed by atoms with Crippen LogP contribution in [-0.4, -0.2) is 41.5 Å². The quantitative estimate of drug-likeness (QED) is 0.842. The Morgan fingerprint density at radius 3 is 2.70 bits per heavy atom. The van der Waals surface area contributed by atoms with Crippen molar-refractivity contribution in [2.75, 3.05) is 34.8 Å². The van der Waals surface area contributed by atoms with Gasteiger partial charge in [-0.25, -0.2) is 14.8 Å². The number of nitrogens with zero attached hydrogens (tertiary/aromatic N) is 4. The van der Waals surface area contributed by atoms with Gasteiger partial charge in [0.25, 0.3) is 5.91 Å². The lowest BCUT2D eigenvalue weighted by Gasteiger charge is -2.17. The lowest BCUT2D eigenvalue weighted by molar-refractivity contribution is 0.102. The molecule has 0 radical (unpaired) electrons. The molecule has 2 aromatic rings. The average Bonchev–Trinajstić information content (AvgIpc) is 3.31. The third-order valence-corrected chi connectivity index (χ3v) is 5.12. The van der Waals surface area contributed by atoms with E-state index in [1.54, 1.807) is 12.1 Å². The summed E-state index contributed by atoms with van der Waals surface area (Å²) < 4.78 is 0. The monoisotopic (exact) mass is 386 g/mol. The third-order valence-electron chi connectivity index (χ3n) is 4.84. The van der Waals surface area contributed by atoms with Crippen LogP contribution in [0.5, 0.6) is 0 Å². The maximum Gasteiger partial charge on any atom is 0.319 e. The molecule has 9 heteroatoms. The summed E-state index contributed by atoms with van der Waals surface area (Å²) in [6, 6.07) is 4.90. The van der Waals surface area contributed by atoms with Crippen LogP contribution < -0.4 is 20.9 Å². The standard InChI is InChI=1S/C18H19ClN6O2/c19-13-10-21-18(24-6-1-2-7-24)23-15(13)16(26)22-12-4-3-11-5-8-25(17(20)27)14(11)9-12/h3-4,9-10H,1-2,5-8H2,(H2,20,27)(H,22,26). The third kappa shape index (κ3) is 3.40. The van der Waals surface area contributed by atoms with Gasteiger partial charge in [-0.1, -0.05) is 17.7 Å². The van der Waals surface area contributed by atoms with Crippen molar-refractivity contribution >= 4 is 40.9 Å². The van der Waals surface area contributed by atoms with Gasteiger partial charge in [0.15, 0.2) is 5.69 Å². The number of amides is 3. The summed E-state index contributed by atoms with van der Waals surface area (Å²) in [6.45, 7) is 2.28. The minimum Gasteiger partial charge on any atom is -0.351 e. The number of urea groups is 1. The van der Waals surface area contributed by atoms with Gasteiger partial charge in [0.1, 0.15) is 0 Å². The average molecular weight is 387 g/mol. The first-order valence-electron chi connectivity index (χ1n) is 8.81. The number of hydrogen-bond donors (Lipinski definition) is 2. The van der Waals surface area contributed by atoms with E-state index in [4.69, 9.17) is 17.3 Å². The number of fused-ring (bicyclic) bond motifs is 1. The second-order valence-electron chi connectivity index (χ2n) is 6.60. The number of nitrogens with one attached hydrogen (secondary N) is 1. The number of carbonyl (C=O) groups excluding carboxylic acids is 2. The molecule has 1 fully saturated rings. The number of nitrogens with two attached hydrogens (primary N) is 1. The van der Waals surface area contributed by atoms with Crippen LogP contribution in [0.25, 0.3) is 0 Å². The van der Waals surface area contributed by atoms with Crippen LogP contribution in [0.3, 0.4) is 0 Å². The van der Waals surface area contributed by atoms with Crippen LogP contribution in [-0.2, 0) is 6.42 Å². The molecule has 27 heavy (non-hydrogen) atoms. The first-order valence-corrected chi connectivity index (χ1v) is 9.19. The van der Waals surface area contributed by atoms with E-state index < -0.39 is 11.9 Å². The SMILES string of the molecule is NC(=O)N1CCc2ccc(NC(=O)c3nc(N4CCCC4)ncc3Cl)cc21. The van der Waals surface area contributed by atoms with Crippen LogP contribution in [0.1, 0.15) is 28.9 Å². The van der Waals surface area contributed by atoms with Crippen molar-refractivity contribution in [2.45, 2.75) is 19.3 Å². The fourth-order valence-electron chi connectivity index (χ4n) is 3.46. The molecule has 0 saturated carbocycles. The van der Waals surface area contributed by atoms with Gasteiger partial charge >= 0.3 is 6.03 Å². The Hall–Kier alpha value is -2.87. The molecule has 1 saturated heterocycles. The molecule has 1 aromatic carbocycles. The number of primary amides is 1. The van der Waals surface area contributed by atoms with Crippen LogP contribution in [0.15, 0.2) is 24.4 Å². The molecule has 0 bridgehead atoms. The lowest BCUT2D eigenvalue weighted by atomic mass is 10.1. The maximum absolute atomic E-state index is 12.7. The molecule has 1 aromatic heterocycles. The molecular weight excluding hydrogens is 368 g/mol. The van der Waals surface area contributed by atoms with Crippen molar-refractivity contribution in [2.24, 2.45) is 5.73 Å². The van der Waals surface area contributed by atoms with Crippen LogP contribution >= 0.6 is 11.6 Å². The molecule has 2 aliphatic heterocycles. The van der Waals surface area contributed by atoms with Crippen molar-refractivity contribution in [3.63, 3.8) is 0 Å². The van der Waals surface area contributed by atoms with E-state index in [2.05, 4.69) is 15.3 Å². The fraction of sp³-hybridized carbons (Fsp3) is 0.333. The predicted octanol–water partition coefficient (Wildman–Crippen LogP) is 2.42. The van der Waals surface area contributed by atoms with Gasteiger partial charge in [0, 0.05) is 25.3 Å². The van der Waals surface area contributed by atoms with E-state index in [9.17, 15) is 9.59 Å². The van der Waals surface area contributed by atoms with Gasteiger partial charge in [-0.05, 0) is 37.0 Å². The summed E-state index contributed by atoms with van der Waals surface area (Å²) in [4.78, 5) is 36.4. The topological polar surface area (TPSA) is 104 Å². The molecule has 0 atom stereocenters. The molecule has 0 aliphatic carbocycles. The van der Waals surface area contributed by atoms with Crippen molar-refractivity contribution in [3.8, 4) is 0 Å². The summed E-state index contributed by atoms with van der Waals surface area (Å²) in [5.74, 6) is 0.0855. The minimum absolute atomic E-state index is 0.126. The number of hydrogen-bond acceptors (Lipinski definition) is 5. The Labute approximate surface area is 161 Å². The Balaban J connectivity index is 1.57. The summed E-state index contributed by atoms with van der Waals surface area (Å²) >= 11 is 6.15. The van der Waals surface area contributed by atoms with Gasteiger partial charge in [-0.15, -0.1) is 0 Å². The second-order valence-corrected chi connectivity index (χ2v) is 7.01. The molecule has 2 aliphatic rings. The first-order chi connectivity index (χ1) is 13.0. The number of aromatic nitrogens is 2. The molecule has 0 unspecified atom stereocenters. The van der Waals surface area contributed by atoms with Crippen molar-refractivity contribution in [1.29, 1.82) is 0 Å². The smallest absolute Gasteiger partial charge is 0.319 e. The fourth-order valence-corrected chi connectivity index (χ4v) is 3.64. The van der Waals surface area contributed by atoms with Crippen LogP contribution in [0.4, 0.5) is 22.1 Å². The highest BCUT2D eigenvalue weighted by Crippen LogP contribution is 2.31. The van der Waals surface area contributed by atoms with E-state index in [0.29, 0.717) is 23.9 Å². The molecule has 3 heterocycles. The highest BCUT2D eigenvalue weighted by molar-refractivity contribution is 6.34. The minimum atomic E-state index is -0.508. The number of benzene rings is 1. The molecule has 8 nitrogen and oxygen atoms in total. The molecular formula is C18H19ClN6O2. The zero-order chi connectivity index (χ0) is 19.0. The van der Waals surface area contributed by atoms with Crippen molar-refractivity contribution in [1.82, 2.24) is 9.97 Å². The summed E-state index contributed by atoms with van der Waals surface area (Å²) in [5.41, 5.74) is 7.81. The number of carbonyl (C=O) groups is 2. The largest absolute Gasteiger partial charge is 0.351 e. The molecule has 3 N–H and O–H groups in total. The molecule has 140 valence electrons. The summed E-state index contributed by atoms with van der Waals surface area (Å²) in [6.07, 6.45) is 4.36. The van der Waals surface area contributed by atoms with E-state index in [1.165, 1.54) is 11.1 Å². The van der Waals surface area contributed by atoms with Crippen LogP contribution in [0, 0.1) is 0 Å². The van der Waals surface area contributed by atoms with Gasteiger partial charge in [-0.3, -0.25) is 9.69 Å². The summed E-state index contributed by atoms with van der Waals surface area (Å²) in [7, 11) is 0. The van der Waals surface area contributed by atoms with E-state index in [1.807, 2.05) is 11.0 Å². The Bertz CT molecular complexity index is 913. The molecule has 3 amide bonds. The van der Waals surface area contributed by atoms with Gasteiger partial charge in [0.05, 0.1) is 16.9 Å². The van der Waals surface area contributed by atoms with E-state index >= 15 is 0 Å². The Kier molecular flexibility index (Phi) is 4.57. The van der Waals surface area contributed by atoms with Crippen molar-refractivity contribution in [3.05, 3.63) is 40.7 Å². The van der Waals surface area contributed by atoms with Gasteiger partial charge < -0.3 is 16.0 Å². The van der Waals surface area contributed by atoms with Gasteiger partial charge in [0.2, 0.25) is 5.95 Å². The number of anilines is 3. The van der Waals surface area contributed by atoms with Gasteiger partial charge in [-0.2, -0.15) is 0 Å².